The number of hydrogen-bond acceptors (Lipinski definition) is 4. The van der Waals surface area contributed by atoms with Gasteiger partial charge in [0.25, 0.3) is 5.91 Å². The Hall–Kier alpha value is -1.70. The number of carbonyl (C=O) groups excluding carboxylic acids is 1. The maximum atomic E-state index is 14.0. The van der Waals surface area contributed by atoms with Gasteiger partial charge in [-0.1, -0.05) is 6.92 Å². The van der Waals surface area contributed by atoms with E-state index in [4.69, 9.17) is 0 Å². The minimum atomic E-state index is -1.43. The van der Waals surface area contributed by atoms with Crippen molar-refractivity contribution in [2.45, 2.75) is 19.4 Å². The average Bonchev–Trinajstić information content (AvgIpc) is 2.43. The first-order valence-electron chi connectivity index (χ1n) is 6.23. The van der Waals surface area contributed by atoms with Crippen molar-refractivity contribution in [1.29, 1.82) is 0 Å². The standard InChI is InChI=1S/C13H16F2N2O3S/c1-4-8(7-21-3)16(2)13(18)11-9(14)5-6-10(12(11)15)17(19)20/h5-6,8H,4,7H2,1-3H3. The van der Waals surface area contributed by atoms with Crippen LogP contribution < -0.4 is 0 Å². The van der Waals surface area contributed by atoms with Gasteiger partial charge in [0.1, 0.15) is 11.4 Å². The van der Waals surface area contributed by atoms with Crippen molar-refractivity contribution in [1.82, 2.24) is 4.90 Å². The fraction of sp³-hybridized carbons (Fsp3) is 0.462. The van der Waals surface area contributed by atoms with Crippen LogP contribution in [0.5, 0.6) is 0 Å². The molecule has 1 rings (SSSR count). The Balaban J connectivity index is 3.23. The van der Waals surface area contributed by atoms with Crippen LogP contribution in [0.1, 0.15) is 23.7 Å². The summed E-state index contributed by atoms with van der Waals surface area (Å²) in [6, 6.07) is 1.24. The van der Waals surface area contributed by atoms with E-state index in [1.54, 1.807) is 0 Å². The van der Waals surface area contributed by atoms with E-state index in [1.165, 1.54) is 23.7 Å². The summed E-state index contributed by atoms with van der Waals surface area (Å²) in [5.41, 5.74) is -1.79. The lowest BCUT2D eigenvalue weighted by molar-refractivity contribution is -0.387. The van der Waals surface area contributed by atoms with Crippen molar-refractivity contribution in [3.8, 4) is 0 Å². The zero-order chi connectivity index (χ0) is 16.2. The molecule has 0 spiro atoms. The second kappa shape index (κ2) is 7.35. The Kier molecular flexibility index (Phi) is 6.07. The van der Waals surface area contributed by atoms with E-state index in [-0.39, 0.29) is 6.04 Å². The Morgan fingerprint density at radius 1 is 1.48 bits per heavy atom. The third-order valence-electron chi connectivity index (χ3n) is 3.18. The first-order chi connectivity index (χ1) is 9.84. The summed E-state index contributed by atoms with van der Waals surface area (Å²) >= 11 is 1.50. The van der Waals surface area contributed by atoms with E-state index < -0.39 is 33.7 Å². The summed E-state index contributed by atoms with van der Waals surface area (Å²) in [6.45, 7) is 1.85. The molecule has 0 saturated heterocycles. The lowest BCUT2D eigenvalue weighted by atomic mass is 10.1. The van der Waals surface area contributed by atoms with Crippen LogP contribution in [0, 0.1) is 21.7 Å². The maximum absolute atomic E-state index is 14.0. The summed E-state index contributed by atoms with van der Waals surface area (Å²) in [7, 11) is 1.43. The van der Waals surface area contributed by atoms with Gasteiger partial charge in [0.05, 0.1) is 4.92 Å². The average molecular weight is 318 g/mol. The Morgan fingerprint density at radius 3 is 2.57 bits per heavy atom. The largest absolute Gasteiger partial charge is 0.338 e. The van der Waals surface area contributed by atoms with Gasteiger partial charge in [-0.25, -0.2) is 4.39 Å². The Morgan fingerprint density at radius 2 is 2.10 bits per heavy atom. The molecule has 0 aliphatic carbocycles. The van der Waals surface area contributed by atoms with E-state index in [0.717, 1.165) is 6.07 Å². The van der Waals surface area contributed by atoms with Crippen molar-refractivity contribution in [2.24, 2.45) is 0 Å². The third-order valence-corrected chi connectivity index (χ3v) is 3.90. The molecule has 0 aliphatic heterocycles. The molecule has 1 unspecified atom stereocenters. The highest BCUT2D eigenvalue weighted by Gasteiger charge is 2.30. The number of benzene rings is 1. The number of nitro benzene ring substituents is 1. The summed E-state index contributed by atoms with van der Waals surface area (Å²) < 4.78 is 27.8. The zero-order valence-electron chi connectivity index (χ0n) is 11.9. The van der Waals surface area contributed by atoms with Gasteiger partial charge in [0, 0.05) is 24.9 Å². The van der Waals surface area contributed by atoms with Gasteiger partial charge >= 0.3 is 5.69 Å². The van der Waals surface area contributed by atoms with Crippen LogP contribution in [0.3, 0.4) is 0 Å². The van der Waals surface area contributed by atoms with Gasteiger partial charge in [-0.2, -0.15) is 16.2 Å². The van der Waals surface area contributed by atoms with Crippen molar-refractivity contribution >= 4 is 23.4 Å². The van der Waals surface area contributed by atoms with E-state index in [0.29, 0.717) is 18.2 Å². The monoisotopic (exact) mass is 318 g/mol. The second-order valence-corrected chi connectivity index (χ2v) is 5.36. The van der Waals surface area contributed by atoms with Crippen molar-refractivity contribution in [3.05, 3.63) is 39.4 Å². The molecule has 1 atom stereocenters. The lowest BCUT2D eigenvalue weighted by Crippen LogP contribution is -2.39. The smallest absolute Gasteiger partial charge is 0.305 e. The number of nitrogens with zero attached hydrogens (tertiary/aromatic N) is 2. The molecule has 21 heavy (non-hydrogen) atoms. The van der Waals surface area contributed by atoms with Gasteiger partial charge in [-0.3, -0.25) is 14.9 Å². The predicted molar refractivity (Wildman–Crippen MR) is 77.6 cm³/mol. The predicted octanol–water partition coefficient (Wildman–Crippen LogP) is 3.09. The minimum absolute atomic E-state index is 0.203. The van der Waals surface area contributed by atoms with Crippen LogP contribution in [-0.4, -0.2) is 40.8 Å². The van der Waals surface area contributed by atoms with Crippen LogP contribution in [0.4, 0.5) is 14.5 Å². The summed E-state index contributed by atoms with van der Waals surface area (Å²) in [4.78, 5) is 23.2. The molecule has 1 aromatic carbocycles. The Labute approximate surface area is 125 Å². The molecule has 0 heterocycles. The molecule has 116 valence electrons. The van der Waals surface area contributed by atoms with E-state index in [9.17, 15) is 23.7 Å². The highest BCUT2D eigenvalue weighted by Crippen LogP contribution is 2.25. The quantitative estimate of drug-likeness (QED) is 0.597. The minimum Gasteiger partial charge on any atom is -0.338 e. The van der Waals surface area contributed by atoms with E-state index >= 15 is 0 Å². The van der Waals surface area contributed by atoms with Crippen LogP contribution in [-0.2, 0) is 0 Å². The molecule has 1 aromatic rings. The molecule has 0 aromatic heterocycles. The van der Waals surface area contributed by atoms with Crippen molar-refractivity contribution in [3.63, 3.8) is 0 Å². The highest BCUT2D eigenvalue weighted by atomic mass is 32.2. The second-order valence-electron chi connectivity index (χ2n) is 4.45. The molecule has 0 saturated carbocycles. The van der Waals surface area contributed by atoms with Crippen LogP contribution in [0.2, 0.25) is 0 Å². The molecule has 0 radical (unpaired) electrons. The Bertz CT molecular complexity index is 554. The summed E-state index contributed by atoms with van der Waals surface area (Å²) in [5.74, 6) is -2.82. The molecule has 0 fully saturated rings. The fourth-order valence-electron chi connectivity index (χ4n) is 1.92. The number of thioether (sulfide) groups is 1. The van der Waals surface area contributed by atoms with Crippen LogP contribution >= 0.6 is 11.8 Å². The van der Waals surface area contributed by atoms with Gasteiger partial charge in [-0.05, 0) is 18.7 Å². The van der Waals surface area contributed by atoms with E-state index in [1.807, 2.05) is 13.2 Å². The first kappa shape index (κ1) is 17.4. The van der Waals surface area contributed by atoms with Gasteiger partial charge in [0.15, 0.2) is 0 Å². The number of hydrogen-bond donors (Lipinski definition) is 0. The van der Waals surface area contributed by atoms with Gasteiger partial charge < -0.3 is 4.90 Å². The van der Waals surface area contributed by atoms with E-state index in [2.05, 4.69) is 0 Å². The van der Waals surface area contributed by atoms with Crippen LogP contribution in [0.25, 0.3) is 0 Å². The van der Waals surface area contributed by atoms with Crippen molar-refractivity contribution < 1.29 is 18.5 Å². The van der Waals surface area contributed by atoms with Gasteiger partial charge in [0.2, 0.25) is 5.82 Å². The summed E-state index contributed by atoms with van der Waals surface area (Å²) in [5, 5.41) is 10.7. The highest BCUT2D eigenvalue weighted by molar-refractivity contribution is 7.98. The molecular weight excluding hydrogens is 302 g/mol. The van der Waals surface area contributed by atoms with Crippen LogP contribution in [0.15, 0.2) is 12.1 Å². The first-order valence-corrected chi connectivity index (χ1v) is 7.62. The number of amides is 1. The number of carbonyl (C=O) groups is 1. The van der Waals surface area contributed by atoms with Gasteiger partial charge in [-0.15, -0.1) is 0 Å². The normalized spacial score (nSPS) is 12.0. The zero-order valence-corrected chi connectivity index (χ0v) is 12.7. The summed E-state index contributed by atoms with van der Waals surface area (Å²) in [6.07, 6.45) is 2.47. The third kappa shape index (κ3) is 3.69. The molecule has 1 amide bonds. The molecule has 0 aliphatic rings. The molecule has 0 bridgehead atoms. The molecule has 8 heteroatoms. The number of rotatable bonds is 6. The molecule has 5 nitrogen and oxygen atoms in total. The topological polar surface area (TPSA) is 63.5 Å². The SMILES string of the molecule is CCC(CSC)N(C)C(=O)c1c(F)ccc([N+](=O)[O-])c1F. The number of nitro groups is 1. The molecular formula is C13H16F2N2O3S. The van der Waals surface area contributed by atoms with Crippen molar-refractivity contribution in [2.75, 3.05) is 19.1 Å². The maximum Gasteiger partial charge on any atom is 0.305 e. The lowest BCUT2D eigenvalue weighted by Gasteiger charge is -2.27. The number of halogens is 2. The molecule has 0 N–H and O–H groups in total. The fourth-order valence-corrected chi connectivity index (χ4v) is 2.76.